The van der Waals surface area contributed by atoms with E-state index in [2.05, 4.69) is 22.1 Å². The smallest absolute Gasteiger partial charge is 0.339 e. The van der Waals surface area contributed by atoms with Gasteiger partial charge in [0.1, 0.15) is 5.82 Å². The van der Waals surface area contributed by atoms with Crippen molar-refractivity contribution < 1.29 is 9.53 Å². The molecule has 5 nitrogen and oxygen atoms in total. The maximum absolute atomic E-state index is 11.5. The summed E-state index contributed by atoms with van der Waals surface area (Å²) in [4.78, 5) is 18.1. The second-order valence-corrected chi connectivity index (χ2v) is 4.22. The van der Waals surface area contributed by atoms with Crippen molar-refractivity contribution in [2.24, 2.45) is 0 Å². The van der Waals surface area contributed by atoms with E-state index < -0.39 is 0 Å². The fraction of sp³-hybridized carbons (Fsp3) is 0.538. The zero-order valence-corrected chi connectivity index (χ0v) is 10.8. The summed E-state index contributed by atoms with van der Waals surface area (Å²) in [7, 11) is 0. The number of carbonyl (C=O) groups excluding carboxylic acids is 1. The van der Waals surface area contributed by atoms with Crippen LogP contribution in [0.1, 0.15) is 24.2 Å². The minimum atomic E-state index is -0.315. The first-order valence-electron chi connectivity index (χ1n) is 6.36. The molecule has 0 spiro atoms. The lowest BCUT2D eigenvalue weighted by molar-refractivity contribution is 0.0526. The fourth-order valence-electron chi connectivity index (χ4n) is 1.99. The first-order chi connectivity index (χ1) is 8.76. The van der Waals surface area contributed by atoms with Crippen LogP contribution in [0.15, 0.2) is 18.3 Å². The second kappa shape index (κ2) is 5.82. The maximum atomic E-state index is 11.5. The van der Waals surface area contributed by atoms with E-state index in [1.165, 1.54) is 0 Å². The third kappa shape index (κ3) is 2.61. The van der Waals surface area contributed by atoms with E-state index in [1.54, 1.807) is 19.2 Å². The number of pyridine rings is 1. The van der Waals surface area contributed by atoms with Crippen molar-refractivity contribution in [3.63, 3.8) is 0 Å². The number of nitrogens with one attached hydrogen (secondary N) is 1. The Morgan fingerprint density at radius 2 is 2.28 bits per heavy atom. The van der Waals surface area contributed by atoms with Crippen LogP contribution in [0.3, 0.4) is 0 Å². The highest BCUT2D eigenvalue weighted by atomic mass is 16.5. The maximum Gasteiger partial charge on any atom is 0.339 e. The molecular formula is C13H19N3O2. The number of aromatic nitrogens is 1. The molecule has 0 aromatic carbocycles. The average molecular weight is 249 g/mol. The Labute approximate surface area is 107 Å². The van der Waals surface area contributed by atoms with Gasteiger partial charge >= 0.3 is 5.97 Å². The van der Waals surface area contributed by atoms with Crippen LogP contribution in [0.5, 0.6) is 0 Å². The summed E-state index contributed by atoms with van der Waals surface area (Å²) in [5, 5.41) is 3.25. The van der Waals surface area contributed by atoms with Gasteiger partial charge in [-0.3, -0.25) is 0 Å². The molecule has 0 radical (unpaired) electrons. The van der Waals surface area contributed by atoms with Crippen LogP contribution in [0.25, 0.3) is 0 Å². The van der Waals surface area contributed by atoms with Gasteiger partial charge in [0.15, 0.2) is 0 Å². The molecule has 18 heavy (non-hydrogen) atoms. The van der Waals surface area contributed by atoms with E-state index in [1.807, 2.05) is 6.07 Å². The first kappa shape index (κ1) is 12.8. The number of esters is 1. The Morgan fingerprint density at radius 3 is 2.72 bits per heavy atom. The van der Waals surface area contributed by atoms with Gasteiger partial charge in [0.05, 0.1) is 18.2 Å². The predicted molar refractivity (Wildman–Crippen MR) is 69.9 cm³/mol. The highest BCUT2D eigenvalue weighted by Gasteiger charge is 2.24. The lowest BCUT2D eigenvalue weighted by atomic mass is 10.1. The first-order valence-corrected chi connectivity index (χ1v) is 6.36. The van der Waals surface area contributed by atoms with E-state index in [0.29, 0.717) is 18.2 Å². The van der Waals surface area contributed by atoms with Crippen molar-refractivity contribution >= 4 is 11.8 Å². The number of rotatable bonds is 5. The van der Waals surface area contributed by atoms with Gasteiger partial charge in [-0.2, -0.15) is 0 Å². The topological polar surface area (TPSA) is 54.5 Å². The molecule has 5 heteroatoms. The Kier molecular flexibility index (Phi) is 4.15. The molecule has 1 aliphatic rings. The molecule has 1 saturated heterocycles. The molecule has 2 rings (SSSR count). The summed E-state index contributed by atoms with van der Waals surface area (Å²) in [5.74, 6) is 0.599. The summed E-state index contributed by atoms with van der Waals surface area (Å²) in [5.41, 5.74) is 0.503. The number of carbonyl (C=O) groups is 1. The van der Waals surface area contributed by atoms with Gasteiger partial charge < -0.3 is 15.0 Å². The van der Waals surface area contributed by atoms with Gasteiger partial charge in [-0.1, -0.05) is 0 Å². The third-order valence-corrected chi connectivity index (χ3v) is 3.09. The van der Waals surface area contributed by atoms with Gasteiger partial charge in [-0.25, -0.2) is 9.78 Å². The van der Waals surface area contributed by atoms with Gasteiger partial charge in [-0.15, -0.1) is 0 Å². The molecule has 1 fully saturated rings. The quantitative estimate of drug-likeness (QED) is 0.791. The SMILES string of the molecule is CCOC(=O)c1ccc(N(CC)C2CNC2)nc1. The second-order valence-electron chi connectivity index (χ2n) is 4.22. The number of anilines is 1. The highest BCUT2D eigenvalue weighted by molar-refractivity contribution is 5.89. The summed E-state index contributed by atoms with van der Waals surface area (Å²) in [6, 6.07) is 4.17. The number of hydrogen-bond acceptors (Lipinski definition) is 5. The zero-order valence-electron chi connectivity index (χ0n) is 10.8. The van der Waals surface area contributed by atoms with Crippen LogP contribution in [0.2, 0.25) is 0 Å². The lowest BCUT2D eigenvalue weighted by Crippen LogP contribution is -2.57. The Bertz CT molecular complexity index is 401. The van der Waals surface area contributed by atoms with Crippen LogP contribution in [-0.4, -0.2) is 43.2 Å². The normalized spacial score (nSPS) is 15.0. The molecule has 1 N–H and O–H groups in total. The van der Waals surface area contributed by atoms with Crippen LogP contribution in [-0.2, 0) is 4.74 Å². The molecular weight excluding hydrogens is 230 g/mol. The van der Waals surface area contributed by atoms with Crippen molar-refractivity contribution in [1.29, 1.82) is 0 Å². The van der Waals surface area contributed by atoms with Crippen LogP contribution in [0, 0.1) is 0 Å². The predicted octanol–water partition coefficient (Wildman–Crippen LogP) is 1.06. The highest BCUT2D eigenvalue weighted by Crippen LogP contribution is 2.16. The fourth-order valence-corrected chi connectivity index (χ4v) is 1.99. The molecule has 0 bridgehead atoms. The molecule has 1 aromatic heterocycles. The van der Waals surface area contributed by atoms with Gasteiger partial charge in [0.25, 0.3) is 0 Å². The molecule has 0 unspecified atom stereocenters. The summed E-state index contributed by atoms with van der Waals surface area (Å²) in [6.45, 7) is 7.19. The van der Waals surface area contributed by atoms with Crippen molar-refractivity contribution in [3.05, 3.63) is 23.9 Å². The third-order valence-electron chi connectivity index (χ3n) is 3.09. The number of likely N-dealkylation sites (N-methyl/N-ethyl adjacent to an activating group) is 1. The van der Waals surface area contributed by atoms with Gasteiger partial charge in [0, 0.05) is 25.8 Å². The minimum absolute atomic E-state index is 0.315. The van der Waals surface area contributed by atoms with Gasteiger partial charge in [0.2, 0.25) is 0 Å². The molecule has 0 aliphatic carbocycles. The van der Waals surface area contributed by atoms with E-state index in [4.69, 9.17) is 4.74 Å². The number of ether oxygens (including phenoxy) is 1. The lowest BCUT2D eigenvalue weighted by Gasteiger charge is -2.38. The zero-order chi connectivity index (χ0) is 13.0. The molecule has 0 atom stereocenters. The largest absolute Gasteiger partial charge is 0.462 e. The van der Waals surface area contributed by atoms with Crippen molar-refractivity contribution in [1.82, 2.24) is 10.3 Å². The molecule has 98 valence electrons. The van der Waals surface area contributed by atoms with Crippen LogP contribution >= 0.6 is 0 Å². The summed E-state index contributed by atoms with van der Waals surface area (Å²) in [6.07, 6.45) is 1.59. The van der Waals surface area contributed by atoms with Crippen molar-refractivity contribution in [3.8, 4) is 0 Å². The van der Waals surface area contributed by atoms with E-state index in [-0.39, 0.29) is 5.97 Å². The van der Waals surface area contributed by atoms with E-state index >= 15 is 0 Å². The number of hydrogen-bond donors (Lipinski definition) is 1. The van der Waals surface area contributed by atoms with Crippen LogP contribution < -0.4 is 10.2 Å². The van der Waals surface area contributed by atoms with Crippen molar-refractivity contribution in [2.45, 2.75) is 19.9 Å². The standard InChI is InChI=1S/C13H19N3O2/c1-3-16(11-8-14-9-11)12-6-5-10(7-15-12)13(17)18-4-2/h5-7,11,14H,3-4,8-9H2,1-2H3. The molecule has 0 saturated carbocycles. The minimum Gasteiger partial charge on any atom is -0.462 e. The average Bonchev–Trinajstić information content (AvgIpc) is 2.34. The van der Waals surface area contributed by atoms with E-state index in [9.17, 15) is 4.79 Å². The van der Waals surface area contributed by atoms with E-state index in [0.717, 1.165) is 25.5 Å². The van der Waals surface area contributed by atoms with Crippen LogP contribution in [0.4, 0.5) is 5.82 Å². The van der Waals surface area contributed by atoms with Gasteiger partial charge in [-0.05, 0) is 26.0 Å². The summed E-state index contributed by atoms with van der Waals surface area (Å²) < 4.78 is 4.93. The number of nitrogens with zero attached hydrogens (tertiary/aromatic N) is 2. The summed E-state index contributed by atoms with van der Waals surface area (Å²) >= 11 is 0. The monoisotopic (exact) mass is 249 g/mol. The Balaban J connectivity index is 2.08. The molecule has 1 aromatic rings. The Morgan fingerprint density at radius 1 is 1.50 bits per heavy atom. The molecule has 0 amide bonds. The molecule has 1 aliphatic heterocycles. The van der Waals surface area contributed by atoms with Crippen molar-refractivity contribution in [2.75, 3.05) is 31.1 Å². The Hall–Kier alpha value is -1.62. The molecule has 2 heterocycles.